The highest BCUT2D eigenvalue weighted by atomic mass is 35.5. The smallest absolute Gasteiger partial charge is 0.260 e. The van der Waals surface area contributed by atoms with E-state index < -0.39 is 0 Å². The van der Waals surface area contributed by atoms with Crippen molar-refractivity contribution in [2.24, 2.45) is 0 Å². The summed E-state index contributed by atoms with van der Waals surface area (Å²) in [6.45, 7) is 4.18. The van der Waals surface area contributed by atoms with E-state index in [4.69, 9.17) is 32.7 Å². The molecule has 1 aliphatic rings. The van der Waals surface area contributed by atoms with Crippen LogP contribution >= 0.6 is 23.2 Å². The molecule has 1 atom stereocenters. The van der Waals surface area contributed by atoms with Gasteiger partial charge >= 0.3 is 0 Å². The van der Waals surface area contributed by atoms with Gasteiger partial charge in [-0.05, 0) is 37.5 Å². The van der Waals surface area contributed by atoms with Crippen LogP contribution in [0.4, 0.5) is 0 Å². The van der Waals surface area contributed by atoms with E-state index in [0.717, 1.165) is 32.4 Å². The van der Waals surface area contributed by atoms with Crippen molar-refractivity contribution in [2.75, 3.05) is 26.3 Å². The zero-order chi connectivity index (χ0) is 15.9. The summed E-state index contributed by atoms with van der Waals surface area (Å²) < 4.78 is 11.2. The van der Waals surface area contributed by atoms with Gasteiger partial charge in [-0.25, -0.2) is 0 Å². The molecule has 1 aromatic rings. The normalized spacial score (nSPS) is 18.3. The minimum Gasteiger partial charge on any atom is -0.482 e. The third-order valence-corrected chi connectivity index (χ3v) is 4.06. The number of piperidine rings is 1. The van der Waals surface area contributed by atoms with E-state index in [2.05, 4.69) is 6.92 Å². The summed E-state index contributed by atoms with van der Waals surface area (Å²) in [6, 6.07) is 4.95. The molecule has 2 rings (SSSR count). The van der Waals surface area contributed by atoms with Crippen molar-refractivity contribution in [1.82, 2.24) is 4.90 Å². The summed E-state index contributed by atoms with van der Waals surface area (Å²) in [4.78, 5) is 14.0. The third kappa shape index (κ3) is 5.04. The van der Waals surface area contributed by atoms with E-state index in [0.29, 0.717) is 22.3 Å². The van der Waals surface area contributed by atoms with E-state index in [1.807, 2.05) is 0 Å². The van der Waals surface area contributed by atoms with Crippen LogP contribution in [-0.2, 0) is 9.53 Å². The molecule has 1 amide bonds. The topological polar surface area (TPSA) is 38.8 Å². The summed E-state index contributed by atoms with van der Waals surface area (Å²) in [6.07, 6.45) is 3.09. The lowest BCUT2D eigenvalue weighted by molar-refractivity contribution is -0.137. The van der Waals surface area contributed by atoms with Gasteiger partial charge in [0.15, 0.2) is 6.61 Å². The van der Waals surface area contributed by atoms with Gasteiger partial charge in [-0.3, -0.25) is 4.79 Å². The maximum absolute atomic E-state index is 12.2. The SMILES string of the molecule is CCCOC1CCCN(C(=O)COc2ccc(Cl)cc2Cl)C1. The molecule has 1 saturated heterocycles. The Morgan fingerprint density at radius 1 is 1.41 bits per heavy atom. The zero-order valence-corrected chi connectivity index (χ0v) is 14.2. The summed E-state index contributed by atoms with van der Waals surface area (Å²) in [5.41, 5.74) is 0. The lowest BCUT2D eigenvalue weighted by Crippen LogP contribution is -2.45. The fourth-order valence-corrected chi connectivity index (χ4v) is 2.87. The third-order valence-electron chi connectivity index (χ3n) is 3.53. The molecule has 22 heavy (non-hydrogen) atoms. The van der Waals surface area contributed by atoms with Gasteiger partial charge in [-0.15, -0.1) is 0 Å². The number of carbonyl (C=O) groups is 1. The number of ether oxygens (including phenoxy) is 2. The van der Waals surface area contributed by atoms with Crippen LogP contribution < -0.4 is 4.74 Å². The van der Waals surface area contributed by atoms with Gasteiger partial charge in [-0.2, -0.15) is 0 Å². The molecule has 1 fully saturated rings. The van der Waals surface area contributed by atoms with Crippen LogP contribution in [0.1, 0.15) is 26.2 Å². The number of carbonyl (C=O) groups excluding carboxylic acids is 1. The van der Waals surface area contributed by atoms with Gasteiger partial charge in [0.05, 0.1) is 11.1 Å². The Bertz CT molecular complexity index is 510. The summed E-state index contributed by atoms with van der Waals surface area (Å²) >= 11 is 11.9. The van der Waals surface area contributed by atoms with E-state index >= 15 is 0 Å². The van der Waals surface area contributed by atoms with Crippen molar-refractivity contribution in [3.05, 3.63) is 28.2 Å². The largest absolute Gasteiger partial charge is 0.482 e. The maximum atomic E-state index is 12.2. The average Bonchev–Trinajstić information content (AvgIpc) is 2.52. The van der Waals surface area contributed by atoms with Gasteiger partial charge in [0.2, 0.25) is 0 Å². The van der Waals surface area contributed by atoms with Crippen molar-refractivity contribution in [1.29, 1.82) is 0 Å². The minimum atomic E-state index is -0.0455. The van der Waals surface area contributed by atoms with E-state index in [1.165, 1.54) is 0 Å². The van der Waals surface area contributed by atoms with Crippen molar-refractivity contribution in [2.45, 2.75) is 32.3 Å². The number of amides is 1. The predicted molar refractivity (Wildman–Crippen MR) is 87.8 cm³/mol. The first-order valence-corrected chi connectivity index (χ1v) is 8.33. The summed E-state index contributed by atoms with van der Waals surface area (Å²) in [7, 11) is 0. The van der Waals surface area contributed by atoms with Crippen molar-refractivity contribution in [3.8, 4) is 5.75 Å². The zero-order valence-electron chi connectivity index (χ0n) is 12.7. The number of rotatable bonds is 6. The van der Waals surface area contributed by atoms with Crippen LogP contribution in [0.2, 0.25) is 10.0 Å². The number of hydrogen-bond acceptors (Lipinski definition) is 3. The second kappa shape index (κ2) is 8.61. The average molecular weight is 346 g/mol. The molecular formula is C16H21Cl2NO3. The number of nitrogens with zero attached hydrogens (tertiary/aromatic N) is 1. The first-order valence-electron chi connectivity index (χ1n) is 7.57. The molecule has 0 aliphatic carbocycles. The van der Waals surface area contributed by atoms with Gasteiger partial charge in [0.25, 0.3) is 5.91 Å². The molecule has 0 aromatic heterocycles. The van der Waals surface area contributed by atoms with Crippen LogP contribution in [0.5, 0.6) is 5.75 Å². The molecule has 0 radical (unpaired) electrons. The van der Waals surface area contributed by atoms with Gasteiger partial charge in [0.1, 0.15) is 5.75 Å². The Morgan fingerprint density at radius 2 is 2.23 bits per heavy atom. The number of halogens is 2. The van der Waals surface area contributed by atoms with Gasteiger partial charge in [-0.1, -0.05) is 30.1 Å². The number of benzene rings is 1. The van der Waals surface area contributed by atoms with Crippen LogP contribution in [0.25, 0.3) is 0 Å². The number of likely N-dealkylation sites (tertiary alicyclic amines) is 1. The minimum absolute atomic E-state index is 0.0259. The highest BCUT2D eigenvalue weighted by molar-refractivity contribution is 6.35. The lowest BCUT2D eigenvalue weighted by atomic mass is 10.1. The molecule has 0 N–H and O–H groups in total. The number of hydrogen-bond donors (Lipinski definition) is 0. The second-order valence-electron chi connectivity index (χ2n) is 5.34. The molecule has 0 bridgehead atoms. The Balaban J connectivity index is 1.83. The molecule has 1 unspecified atom stereocenters. The Labute approximate surface area is 141 Å². The molecular weight excluding hydrogens is 325 g/mol. The van der Waals surface area contributed by atoms with Gasteiger partial charge in [0, 0.05) is 24.7 Å². The second-order valence-corrected chi connectivity index (χ2v) is 6.18. The first kappa shape index (κ1) is 17.4. The van der Waals surface area contributed by atoms with Crippen molar-refractivity contribution < 1.29 is 14.3 Å². The van der Waals surface area contributed by atoms with Crippen molar-refractivity contribution >= 4 is 29.1 Å². The van der Waals surface area contributed by atoms with Crippen LogP contribution in [-0.4, -0.2) is 43.2 Å². The van der Waals surface area contributed by atoms with Crippen LogP contribution in [0.15, 0.2) is 18.2 Å². The highest BCUT2D eigenvalue weighted by Crippen LogP contribution is 2.27. The molecule has 0 spiro atoms. The predicted octanol–water partition coefficient (Wildman–Crippen LogP) is 3.79. The van der Waals surface area contributed by atoms with Gasteiger partial charge < -0.3 is 14.4 Å². The first-order chi connectivity index (χ1) is 10.6. The molecule has 1 aliphatic heterocycles. The quantitative estimate of drug-likeness (QED) is 0.787. The van der Waals surface area contributed by atoms with E-state index in [9.17, 15) is 4.79 Å². The molecule has 6 heteroatoms. The lowest BCUT2D eigenvalue weighted by Gasteiger charge is -2.32. The van der Waals surface area contributed by atoms with Crippen LogP contribution in [0, 0.1) is 0 Å². The monoisotopic (exact) mass is 345 g/mol. The summed E-state index contributed by atoms with van der Waals surface area (Å²) in [5, 5.41) is 0.943. The molecule has 1 heterocycles. The molecule has 4 nitrogen and oxygen atoms in total. The fraction of sp³-hybridized carbons (Fsp3) is 0.562. The molecule has 122 valence electrons. The molecule has 0 saturated carbocycles. The van der Waals surface area contributed by atoms with E-state index in [-0.39, 0.29) is 18.6 Å². The Morgan fingerprint density at radius 3 is 2.95 bits per heavy atom. The van der Waals surface area contributed by atoms with E-state index in [1.54, 1.807) is 23.1 Å². The fourth-order valence-electron chi connectivity index (χ4n) is 2.41. The molecule has 1 aromatic carbocycles. The summed E-state index contributed by atoms with van der Waals surface area (Å²) in [5.74, 6) is 0.422. The standard InChI is InChI=1S/C16H21Cl2NO3/c1-2-8-21-13-4-3-7-19(10-13)16(20)11-22-15-6-5-12(17)9-14(15)18/h5-6,9,13H,2-4,7-8,10-11H2,1H3. The Kier molecular flexibility index (Phi) is 6.80. The van der Waals surface area contributed by atoms with Crippen molar-refractivity contribution in [3.63, 3.8) is 0 Å². The maximum Gasteiger partial charge on any atom is 0.260 e. The Hall–Kier alpha value is -0.970. The van der Waals surface area contributed by atoms with Crippen LogP contribution in [0.3, 0.4) is 0 Å². The highest BCUT2D eigenvalue weighted by Gasteiger charge is 2.24.